The fourth-order valence-corrected chi connectivity index (χ4v) is 2.62. The van der Waals surface area contributed by atoms with Crippen LogP contribution in [0.15, 0.2) is 24.3 Å². The Morgan fingerprint density at radius 1 is 1.40 bits per heavy atom. The normalized spacial score (nSPS) is 24.0. The van der Waals surface area contributed by atoms with Gasteiger partial charge in [0.05, 0.1) is 17.4 Å². The van der Waals surface area contributed by atoms with Crippen LogP contribution in [0.5, 0.6) is 0 Å². The van der Waals surface area contributed by atoms with E-state index in [9.17, 15) is 0 Å². The van der Waals surface area contributed by atoms with Gasteiger partial charge in [-0.05, 0) is 24.5 Å². The molecule has 20 heavy (non-hydrogen) atoms. The van der Waals surface area contributed by atoms with Gasteiger partial charge >= 0.3 is 0 Å². The number of anilines is 1. The lowest BCUT2D eigenvalue weighted by Crippen LogP contribution is -2.58. The van der Waals surface area contributed by atoms with Crippen LogP contribution in [0, 0.1) is 22.7 Å². The van der Waals surface area contributed by atoms with E-state index in [0.717, 1.165) is 18.7 Å². The van der Waals surface area contributed by atoms with Crippen LogP contribution in [0.2, 0.25) is 0 Å². The van der Waals surface area contributed by atoms with Crippen molar-refractivity contribution < 1.29 is 4.74 Å². The number of hydrogen-bond acceptors (Lipinski definition) is 3. The summed E-state index contributed by atoms with van der Waals surface area (Å²) in [5.41, 5.74) is 1.72. The van der Waals surface area contributed by atoms with Crippen molar-refractivity contribution in [2.75, 3.05) is 11.9 Å². The number of nitriles is 1. The summed E-state index contributed by atoms with van der Waals surface area (Å²) in [7, 11) is 0. The van der Waals surface area contributed by atoms with Crippen LogP contribution in [0.25, 0.3) is 0 Å². The molecule has 1 aromatic carbocycles. The van der Waals surface area contributed by atoms with E-state index >= 15 is 0 Å². The Morgan fingerprint density at radius 3 is 2.70 bits per heavy atom. The highest BCUT2D eigenvalue weighted by Crippen LogP contribution is 2.44. The van der Waals surface area contributed by atoms with Crippen LogP contribution < -0.4 is 5.32 Å². The largest absolute Gasteiger partial charge is 0.381 e. The predicted molar refractivity (Wildman–Crippen MR) is 81.5 cm³/mol. The molecular formula is C17H24N2O. The van der Waals surface area contributed by atoms with Gasteiger partial charge in [-0.2, -0.15) is 5.26 Å². The Morgan fingerprint density at radius 2 is 2.10 bits per heavy atom. The van der Waals surface area contributed by atoms with Crippen molar-refractivity contribution >= 4 is 5.69 Å². The summed E-state index contributed by atoms with van der Waals surface area (Å²) in [5, 5.41) is 12.6. The Labute approximate surface area is 121 Å². The first kappa shape index (κ1) is 14.9. The minimum Gasteiger partial charge on any atom is -0.381 e. The predicted octanol–water partition coefficient (Wildman–Crippen LogP) is 3.81. The SMILES string of the molecule is CC(C)COC1CC(Nc2ccccc2C#N)C1(C)C. The van der Waals surface area contributed by atoms with Crippen LogP contribution in [-0.2, 0) is 4.74 Å². The zero-order valence-electron chi connectivity index (χ0n) is 12.8. The lowest BCUT2D eigenvalue weighted by Gasteiger charge is -2.52. The van der Waals surface area contributed by atoms with Gasteiger partial charge in [0.25, 0.3) is 0 Å². The fourth-order valence-electron chi connectivity index (χ4n) is 2.62. The minimum absolute atomic E-state index is 0.0947. The first-order valence-corrected chi connectivity index (χ1v) is 7.32. The van der Waals surface area contributed by atoms with Gasteiger partial charge in [0.15, 0.2) is 0 Å². The van der Waals surface area contributed by atoms with Gasteiger partial charge in [-0.1, -0.05) is 39.8 Å². The van der Waals surface area contributed by atoms with E-state index in [-0.39, 0.29) is 5.41 Å². The Kier molecular flexibility index (Phi) is 4.35. The zero-order valence-corrected chi connectivity index (χ0v) is 12.8. The van der Waals surface area contributed by atoms with E-state index in [1.54, 1.807) is 0 Å². The molecule has 1 saturated carbocycles. The third-order valence-corrected chi connectivity index (χ3v) is 4.19. The van der Waals surface area contributed by atoms with Crippen LogP contribution in [0.1, 0.15) is 39.7 Å². The second-order valence-electron chi connectivity index (χ2n) is 6.63. The minimum atomic E-state index is 0.0947. The van der Waals surface area contributed by atoms with Crippen LogP contribution in [-0.4, -0.2) is 18.8 Å². The molecular weight excluding hydrogens is 248 g/mol. The lowest BCUT2D eigenvalue weighted by molar-refractivity contribution is -0.108. The molecule has 2 atom stereocenters. The second kappa shape index (κ2) is 5.85. The molecule has 0 saturated heterocycles. The molecule has 2 rings (SSSR count). The van der Waals surface area contributed by atoms with Crippen molar-refractivity contribution in [1.82, 2.24) is 0 Å². The number of hydrogen-bond donors (Lipinski definition) is 1. The molecule has 0 radical (unpaired) electrons. The summed E-state index contributed by atoms with van der Waals surface area (Å²) in [6.07, 6.45) is 1.30. The van der Waals surface area contributed by atoms with Crippen LogP contribution in [0.3, 0.4) is 0 Å². The molecule has 1 aliphatic rings. The average molecular weight is 272 g/mol. The highest BCUT2D eigenvalue weighted by Gasteiger charge is 2.49. The summed E-state index contributed by atoms with van der Waals surface area (Å²) in [5.74, 6) is 0.567. The second-order valence-corrected chi connectivity index (χ2v) is 6.63. The summed E-state index contributed by atoms with van der Waals surface area (Å²) >= 11 is 0. The van der Waals surface area contributed by atoms with Crippen molar-refractivity contribution in [3.8, 4) is 6.07 Å². The van der Waals surface area contributed by atoms with Crippen LogP contribution in [0.4, 0.5) is 5.69 Å². The molecule has 0 spiro atoms. The number of benzene rings is 1. The molecule has 0 bridgehead atoms. The molecule has 0 amide bonds. The zero-order chi connectivity index (χ0) is 14.8. The smallest absolute Gasteiger partial charge is 0.101 e. The van der Waals surface area contributed by atoms with Gasteiger partial charge in [0.2, 0.25) is 0 Å². The first-order valence-electron chi connectivity index (χ1n) is 7.32. The maximum Gasteiger partial charge on any atom is 0.101 e. The highest BCUT2D eigenvalue weighted by molar-refractivity contribution is 5.58. The van der Waals surface area contributed by atoms with Gasteiger partial charge in [0, 0.05) is 18.1 Å². The van der Waals surface area contributed by atoms with E-state index in [1.807, 2.05) is 24.3 Å². The summed E-state index contributed by atoms with van der Waals surface area (Å²) in [6.45, 7) is 9.62. The Bertz CT molecular complexity index is 502. The van der Waals surface area contributed by atoms with Crippen molar-refractivity contribution in [3.05, 3.63) is 29.8 Å². The molecule has 1 aliphatic carbocycles. The van der Waals surface area contributed by atoms with Gasteiger partial charge < -0.3 is 10.1 Å². The molecule has 2 unspecified atom stereocenters. The number of para-hydroxylation sites is 1. The van der Waals surface area contributed by atoms with E-state index < -0.39 is 0 Å². The molecule has 1 N–H and O–H groups in total. The van der Waals surface area contributed by atoms with E-state index in [1.165, 1.54) is 0 Å². The number of nitrogens with zero attached hydrogens (tertiary/aromatic N) is 1. The van der Waals surface area contributed by atoms with Crippen molar-refractivity contribution in [2.45, 2.75) is 46.3 Å². The van der Waals surface area contributed by atoms with E-state index in [0.29, 0.717) is 23.6 Å². The summed E-state index contributed by atoms with van der Waals surface area (Å²) < 4.78 is 5.97. The Balaban J connectivity index is 1.98. The number of nitrogens with one attached hydrogen (secondary N) is 1. The maximum absolute atomic E-state index is 9.13. The van der Waals surface area contributed by atoms with Crippen LogP contribution >= 0.6 is 0 Å². The Hall–Kier alpha value is -1.53. The molecule has 0 heterocycles. The number of rotatable bonds is 5. The summed E-state index contributed by atoms with van der Waals surface area (Å²) in [6, 6.07) is 10.3. The van der Waals surface area contributed by atoms with Gasteiger partial charge in [-0.15, -0.1) is 0 Å². The molecule has 0 aliphatic heterocycles. The van der Waals surface area contributed by atoms with Crippen molar-refractivity contribution in [1.29, 1.82) is 5.26 Å². The van der Waals surface area contributed by atoms with Crippen molar-refractivity contribution in [3.63, 3.8) is 0 Å². The maximum atomic E-state index is 9.13. The average Bonchev–Trinajstić information content (AvgIpc) is 2.42. The highest BCUT2D eigenvalue weighted by atomic mass is 16.5. The molecule has 108 valence electrons. The quantitative estimate of drug-likeness (QED) is 0.886. The molecule has 0 aromatic heterocycles. The summed E-state index contributed by atoms with van der Waals surface area (Å²) in [4.78, 5) is 0. The van der Waals surface area contributed by atoms with Gasteiger partial charge in [-0.25, -0.2) is 0 Å². The van der Waals surface area contributed by atoms with Gasteiger partial charge in [0.1, 0.15) is 6.07 Å². The first-order chi connectivity index (χ1) is 9.45. The topological polar surface area (TPSA) is 45.0 Å². The fraction of sp³-hybridized carbons (Fsp3) is 0.588. The monoisotopic (exact) mass is 272 g/mol. The van der Waals surface area contributed by atoms with E-state index in [2.05, 4.69) is 39.1 Å². The molecule has 3 heteroatoms. The molecule has 3 nitrogen and oxygen atoms in total. The molecule has 1 fully saturated rings. The molecule has 1 aromatic rings. The lowest BCUT2D eigenvalue weighted by atomic mass is 9.64. The number of ether oxygens (including phenoxy) is 1. The van der Waals surface area contributed by atoms with E-state index in [4.69, 9.17) is 10.00 Å². The third-order valence-electron chi connectivity index (χ3n) is 4.19. The standard InChI is InChI=1S/C17H24N2O/c1-12(2)11-20-16-9-15(17(16,3)4)19-14-8-6-5-7-13(14)10-18/h5-8,12,15-16,19H,9,11H2,1-4H3. The third kappa shape index (κ3) is 2.96. The van der Waals surface area contributed by atoms with Gasteiger partial charge in [-0.3, -0.25) is 0 Å². The van der Waals surface area contributed by atoms with Crippen molar-refractivity contribution in [2.24, 2.45) is 11.3 Å².